The van der Waals surface area contributed by atoms with E-state index in [0.29, 0.717) is 0 Å². The van der Waals surface area contributed by atoms with E-state index in [4.69, 9.17) is 0 Å². The molecule has 0 unspecified atom stereocenters. The Morgan fingerprint density at radius 2 is 1.03 bits per heavy atom. The SMILES string of the molecule is Cc1c2ccccc2c(C)c2c1c1cc3ccc4cc(C(C)(C)C)cc5ccc(c12)c3c45. The highest BCUT2D eigenvalue weighted by Gasteiger charge is 2.23. The molecular weight excluding hydrogens is 384 g/mol. The maximum atomic E-state index is 2.44. The highest BCUT2D eigenvalue weighted by atomic mass is 14.3. The molecule has 7 aromatic rings. The lowest BCUT2D eigenvalue weighted by Gasteiger charge is -2.24. The molecule has 0 amide bonds. The van der Waals surface area contributed by atoms with Gasteiger partial charge in [0.15, 0.2) is 0 Å². The van der Waals surface area contributed by atoms with Crippen molar-refractivity contribution in [2.45, 2.75) is 40.0 Å². The van der Waals surface area contributed by atoms with Gasteiger partial charge in [0.25, 0.3) is 0 Å². The summed E-state index contributed by atoms with van der Waals surface area (Å²) in [4.78, 5) is 0. The van der Waals surface area contributed by atoms with Crippen LogP contribution in [0.5, 0.6) is 0 Å². The summed E-state index contributed by atoms with van der Waals surface area (Å²) >= 11 is 0. The maximum Gasteiger partial charge on any atom is -0.00166 e. The lowest BCUT2D eigenvalue weighted by atomic mass is 9.79. The van der Waals surface area contributed by atoms with Crippen molar-refractivity contribution in [2.24, 2.45) is 0 Å². The van der Waals surface area contributed by atoms with Gasteiger partial charge in [0.05, 0.1) is 0 Å². The average Bonchev–Trinajstić information content (AvgIpc) is 2.76. The van der Waals surface area contributed by atoms with Gasteiger partial charge in [-0.05, 0) is 107 Å². The number of hydrogen-bond acceptors (Lipinski definition) is 0. The van der Waals surface area contributed by atoms with Gasteiger partial charge in [-0.15, -0.1) is 0 Å². The van der Waals surface area contributed by atoms with Gasteiger partial charge in [0.2, 0.25) is 0 Å². The molecule has 0 N–H and O–H groups in total. The quantitative estimate of drug-likeness (QED) is 0.218. The third-order valence-corrected chi connectivity index (χ3v) is 7.84. The Labute approximate surface area is 188 Å². The summed E-state index contributed by atoms with van der Waals surface area (Å²) in [6.45, 7) is 11.5. The molecule has 0 heterocycles. The van der Waals surface area contributed by atoms with Crippen molar-refractivity contribution >= 4 is 64.6 Å². The third kappa shape index (κ3) is 2.08. The van der Waals surface area contributed by atoms with Crippen molar-refractivity contribution in [2.75, 3.05) is 0 Å². The van der Waals surface area contributed by atoms with E-state index in [0.717, 1.165) is 0 Å². The number of hydrogen-bond donors (Lipinski definition) is 0. The largest absolute Gasteiger partial charge is 0.0616 e. The molecule has 0 fully saturated rings. The molecule has 0 saturated carbocycles. The van der Waals surface area contributed by atoms with Crippen LogP contribution in [0, 0.1) is 13.8 Å². The first-order valence-electron chi connectivity index (χ1n) is 11.6. The van der Waals surface area contributed by atoms with Gasteiger partial charge in [-0.2, -0.15) is 0 Å². The van der Waals surface area contributed by atoms with Gasteiger partial charge >= 0.3 is 0 Å². The fourth-order valence-corrected chi connectivity index (χ4v) is 6.16. The van der Waals surface area contributed by atoms with Gasteiger partial charge in [0.1, 0.15) is 0 Å². The fourth-order valence-electron chi connectivity index (χ4n) is 6.16. The standard InChI is InChI=1S/C32H26/c1-17-23-8-6-7-9-24(23)18(2)28-27(17)26-16-21-11-10-19-14-22(32(3,4)5)15-20-12-13-25(31(26)28)30(21)29(19)20/h6-16H,1-5H3. The van der Waals surface area contributed by atoms with Crippen molar-refractivity contribution in [3.63, 3.8) is 0 Å². The van der Waals surface area contributed by atoms with Crippen LogP contribution in [0.25, 0.3) is 64.6 Å². The Kier molecular flexibility index (Phi) is 3.24. The van der Waals surface area contributed by atoms with Crippen LogP contribution in [0.4, 0.5) is 0 Å². The molecule has 0 saturated heterocycles. The minimum absolute atomic E-state index is 0.142. The van der Waals surface area contributed by atoms with Crippen LogP contribution in [-0.4, -0.2) is 0 Å². The number of rotatable bonds is 0. The summed E-state index contributed by atoms with van der Waals surface area (Å²) in [5, 5.41) is 16.9. The van der Waals surface area contributed by atoms with Crippen LogP contribution in [0.1, 0.15) is 37.5 Å². The smallest absolute Gasteiger partial charge is 0.00166 e. The van der Waals surface area contributed by atoms with Crippen LogP contribution in [0.15, 0.2) is 66.7 Å². The monoisotopic (exact) mass is 410 g/mol. The Balaban J connectivity index is 1.70. The van der Waals surface area contributed by atoms with Crippen LogP contribution >= 0.6 is 0 Å². The lowest BCUT2D eigenvalue weighted by Crippen LogP contribution is -2.10. The Morgan fingerprint density at radius 3 is 1.66 bits per heavy atom. The van der Waals surface area contributed by atoms with Gasteiger partial charge in [-0.3, -0.25) is 0 Å². The Hall–Kier alpha value is -3.38. The second-order valence-electron chi connectivity index (χ2n) is 10.7. The second-order valence-corrected chi connectivity index (χ2v) is 10.7. The number of benzene rings is 6. The zero-order valence-corrected chi connectivity index (χ0v) is 19.4. The first-order valence-corrected chi connectivity index (χ1v) is 11.6. The van der Waals surface area contributed by atoms with E-state index in [2.05, 4.69) is 101 Å². The molecule has 0 aliphatic rings. The minimum Gasteiger partial charge on any atom is -0.0616 e. The normalized spacial score (nSPS) is 13.2. The molecular formula is C32H26. The fraction of sp³-hybridized carbons (Fsp3) is 0.188. The van der Waals surface area contributed by atoms with E-state index in [1.807, 2.05) is 0 Å². The van der Waals surface area contributed by atoms with E-state index in [1.165, 1.54) is 81.3 Å². The van der Waals surface area contributed by atoms with Gasteiger partial charge in [0, 0.05) is 0 Å². The molecule has 7 rings (SSSR count). The average molecular weight is 411 g/mol. The highest BCUT2D eigenvalue weighted by molar-refractivity contribution is 6.41. The maximum absolute atomic E-state index is 2.44. The molecule has 0 aromatic heterocycles. The summed E-state index contributed by atoms with van der Waals surface area (Å²) in [5.41, 5.74) is 4.37. The predicted octanol–water partition coefficient (Wildman–Crippen LogP) is 9.40. The summed E-state index contributed by atoms with van der Waals surface area (Å²) in [5.74, 6) is 0. The van der Waals surface area contributed by atoms with E-state index in [9.17, 15) is 0 Å². The Bertz CT molecular complexity index is 1840. The van der Waals surface area contributed by atoms with E-state index in [-0.39, 0.29) is 5.41 Å². The topological polar surface area (TPSA) is 0 Å². The molecule has 32 heavy (non-hydrogen) atoms. The van der Waals surface area contributed by atoms with Gasteiger partial charge in [-0.25, -0.2) is 0 Å². The van der Waals surface area contributed by atoms with Crippen LogP contribution in [-0.2, 0) is 5.41 Å². The molecule has 154 valence electrons. The van der Waals surface area contributed by atoms with E-state index >= 15 is 0 Å². The first kappa shape index (κ1) is 18.2. The molecule has 0 bridgehead atoms. The highest BCUT2D eigenvalue weighted by Crippen LogP contribution is 2.49. The molecule has 0 nitrogen and oxygen atoms in total. The van der Waals surface area contributed by atoms with Gasteiger partial charge in [-0.1, -0.05) is 81.4 Å². The molecule has 0 aliphatic heterocycles. The molecule has 0 spiro atoms. The third-order valence-electron chi connectivity index (χ3n) is 7.84. The van der Waals surface area contributed by atoms with Crippen LogP contribution in [0.3, 0.4) is 0 Å². The van der Waals surface area contributed by atoms with Crippen molar-refractivity contribution in [1.82, 2.24) is 0 Å². The van der Waals surface area contributed by atoms with Crippen LogP contribution in [0.2, 0.25) is 0 Å². The zero-order valence-electron chi connectivity index (χ0n) is 19.4. The molecule has 0 heteroatoms. The van der Waals surface area contributed by atoms with Crippen LogP contribution < -0.4 is 0 Å². The lowest BCUT2D eigenvalue weighted by molar-refractivity contribution is 0.591. The second kappa shape index (κ2) is 5.70. The molecule has 0 atom stereocenters. The zero-order chi connectivity index (χ0) is 21.9. The molecule has 0 radical (unpaired) electrons. The van der Waals surface area contributed by atoms with E-state index in [1.54, 1.807) is 0 Å². The summed E-state index contributed by atoms with van der Waals surface area (Å²) < 4.78 is 0. The van der Waals surface area contributed by atoms with Gasteiger partial charge < -0.3 is 0 Å². The van der Waals surface area contributed by atoms with Crippen molar-refractivity contribution < 1.29 is 0 Å². The van der Waals surface area contributed by atoms with Crippen molar-refractivity contribution in [1.29, 1.82) is 0 Å². The molecule has 7 aromatic carbocycles. The predicted molar refractivity (Wildman–Crippen MR) is 142 cm³/mol. The summed E-state index contributed by atoms with van der Waals surface area (Å²) in [6, 6.07) is 25.5. The minimum atomic E-state index is 0.142. The summed E-state index contributed by atoms with van der Waals surface area (Å²) in [6.07, 6.45) is 0. The van der Waals surface area contributed by atoms with E-state index < -0.39 is 0 Å². The number of fused-ring (bicyclic) bond motifs is 6. The molecule has 0 aliphatic carbocycles. The van der Waals surface area contributed by atoms with Crippen molar-refractivity contribution in [3.8, 4) is 0 Å². The van der Waals surface area contributed by atoms with Crippen molar-refractivity contribution in [3.05, 3.63) is 83.4 Å². The number of aryl methyl sites for hydroxylation is 2. The summed E-state index contributed by atoms with van der Waals surface area (Å²) in [7, 11) is 0. The first-order chi connectivity index (χ1) is 15.3. The Morgan fingerprint density at radius 1 is 0.469 bits per heavy atom.